The minimum absolute atomic E-state index is 0.0383. The average Bonchev–Trinajstić information content (AvgIpc) is 3.26. The van der Waals surface area contributed by atoms with Crippen molar-refractivity contribution < 1.29 is 4.42 Å². The maximum atomic E-state index is 5.80. The second kappa shape index (κ2) is 8.64. The van der Waals surface area contributed by atoms with E-state index in [4.69, 9.17) is 4.42 Å². The Kier molecular flexibility index (Phi) is 6.28. The van der Waals surface area contributed by atoms with Gasteiger partial charge in [-0.15, -0.1) is 20.4 Å². The first-order valence-corrected chi connectivity index (χ1v) is 10.5. The number of aromatic nitrogens is 4. The standard InChI is InChI=1S/C16H18N4OS3/c1-3-4-10-22-15-19-20-16(24-15)23-11(2)13-17-18-14(21-13)12-8-6-5-7-9-12/h5-9,11H,3-4,10H2,1-2H3. The molecule has 0 saturated heterocycles. The molecule has 5 nitrogen and oxygen atoms in total. The molecule has 8 heteroatoms. The molecule has 1 aromatic carbocycles. The number of hydrogen-bond acceptors (Lipinski definition) is 8. The SMILES string of the molecule is CCCCSc1nnc(SC(C)c2nnc(-c3ccccc3)o2)s1. The van der Waals surface area contributed by atoms with Gasteiger partial charge in [0.25, 0.3) is 0 Å². The maximum absolute atomic E-state index is 5.80. The van der Waals surface area contributed by atoms with E-state index in [1.165, 1.54) is 12.8 Å². The molecular formula is C16H18N4OS3. The monoisotopic (exact) mass is 378 g/mol. The zero-order valence-electron chi connectivity index (χ0n) is 13.5. The zero-order chi connectivity index (χ0) is 16.8. The maximum Gasteiger partial charge on any atom is 0.247 e. The largest absolute Gasteiger partial charge is 0.419 e. The van der Waals surface area contributed by atoms with Crippen molar-refractivity contribution in [1.82, 2.24) is 20.4 Å². The number of rotatable bonds is 8. The van der Waals surface area contributed by atoms with Crippen LogP contribution in [0.15, 0.2) is 43.4 Å². The number of unbranched alkanes of at least 4 members (excludes halogenated alkanes) is 1. The van der Waals surface area contributed by atoms with Gasteiger partial charge in [-0.25, -0.2) is 0 Å². The van der Waals surface area contributed by atoms with Crippen LogP contribution in [0.25, 0.3) is 11.5 Å². The summed E-state index contributed by atoms with van der Waals surface area (Å²) in [6.45, 7) is 4.23. The second-order valence-electron chi connectivity index (χ2n) is 5.11. The van der Waals surface area contributed by atoms with Crippen LogP contribution in [0.3, 0.4) is 0 Å². The molecule has 0 radical (unpaired) electrons. The van der Waals surface area contributed by atoms with Crippen molar-refractivity contribution in [2.75, 3.05) is 5.75 Å². The summed E-state index contributed by atoms with van der Waals surface area (Å²) < 4.78 is 7.75. The van der Waals surface area contributed by atoms with Crippen LogP contribution in [-0.4, -0.2) is 26.1 Å². The third-order valence-corrected chi connectivity index (χ3v) is 6.51. The Morgan fingerprint density at radius 3 is 2.67 bits per heavy atom. The molecule has 0 aliphatic carbocycles. The van der Waals surface area contributed by atoms with Gasteiger partial charge in [-0.2, -0.15) is 0 Å². The highest BCUT2D eigenvalue weighted by atomic mass is 32.2. The molecule has 0 aliphatic heterocycles. The summed E-state index contributed by atoms with van der Waals surface area (Å²) >= 11 is 4.99. The molecule has 2 aromatic heterocycles. The van der Waals surface area contributed by atoms with Crippen LogP contribution < -0.4 is 0 Å². The summed E-state index contributed by atoms with van der Waals surface area (Å²) in [6, 6.07) is 9.79. The minimum atomic E-state index is 0.0383. The van der Waals surface area contributed by atoms with Gasteiger partial charge in [0.1, 0.15) is 0 Å². The minimum Gasteiger partial charge on any atom is -0.419 e. The van der Waals surface area contributed by atoms with Crippen molar-refractivity contribution in [2.45, 2.75) is 40.6 Å². The van der Waals surface area contributed by atoms with Crippen LogP contribution in [0.2, 0.25) is 0 Å². The Balaban J connectivity index is 1.61. The molecule has 0 spiro atoms. The highest BCUT2D eigenvalue weighted by molar-refractivity contribution is 8.03. The van der Waals surface area contributed by atoms with E-state index in [1.807, 2.05) is 37.3 Å². The second-order valence-corrected chi connectivity index (χ2v) is 9.01. The van der Waals surface area contributed by atoms with E-state index < -0.39 is 0 Å². The first-order valence-electron chi connectivity index (χ1n) is 7.78. The van der Waals surface area contributed by atoms with Crippen molar-refractivity contribution in [2.24, 2.45) is 0 Å². The van der Waals surface area contributed by atoms with Gasteiger partial charge in [-0.1, -0.05) is 66.4 Å². The highest BCUT2D eigenvalue weighted by Gasteiger charge is 2.18. The lowest BCUT2D eigenvalue weighted by Gasteiger charge is -2.02. The van der Waals surface area contributed by atoms with Crippen molar-refractivity contribution >= 4 is 34.9 Å². The molecule has 3 aromatic rings. The number of hydrogen-bond donors (Lipinski definition) is 0. The quantitative estimate of drug-likeness (QED) is 0.387. The molecule has 24 heavy (non-hydrogen) atoms. The molecule has 0 saturated carbocycles. The van der Waals surface area contributed by atoms with E-state index in [0.717, 1.165) is 20.0 Å². The van der Waals surface area contributed by atoms with Crippen LogP contribution in [0, 0.1) is 0 Å². The molecule has 1 atom stereocenters. The van der Waals surface area contributed by atoms with E-state index in [0.29, 0.717) is 11.8 Å². The van der Waals surface area contributed by atoms with Crippen molar-refractivity contribution in [3.8, 4) is 11.5 Å². The van der Waals surface area contributed by atoms with Gasteiger partial charge in [0.05, 0.1) is 5.25 Å². The summed E-state index contributed by atoms with van der Waals surface area (Å²) in [7, 11) is 0. The summed E-state index contributed by atoms with van der Waals surface area (Å²) in [6.07, 6.45) is 2.40. The van der Waals surface area contributed by atoms with Crippen LogP contribution in [0.5, 0.6) is 0 Å². The predicted octanol–water partition coefficient (Wildman–Crippen LogP) is 5.33. The van der Waals surface area contributed by atoms with Gasteiger partial charge in [0.2, 0.25) is 11.8 Å². The molecule has 0 fully saturated rings. The van der Waals surface area contributed by atoms with Gasteiger partial charge >= 0.3 is 0 Å². The number of nitrogens with zero attached hydrogens (tertiary/aromatic N) is 4. The Hall–Kier alpha value is -1.38. The molecular weight excluding hydrogens is 360 g/mol. The molecule has 0 aliphatic rings. The summed E-state index contributed by atoms with van der Waals surface area (Å²) in [4.78, 5) is 0. The first kappa shape index (κ1) is 17.4. The third-order valence-electron chi connectivity index (χ3n) is 3.20. The topological polar surface area (TPSA) is 64.7 Å². The fraction of sp³-hybridized carbons (Fsp3) is 0.375. The predicted molar refractivity (Wildman–Crippen MR) is 99.5 cm³/mol. The van der Waals surface area contributed by atoms with E-state index in [9.17, 15) is 0 Å². The molecule has 0 amide bonds. The van der Waals surface area contributed by atoms with E-state index in [1.54, 1.807) is 34.9 Å². The van der Waals surface area contributed by atoms with E-state index in [-0.39, 0.29) is 5.25 Å². The molecule has 126 valence electrons. The molecule has 1 unspecified atom stereocenters. The Morgan fingerprint density at radius 1 is 1.08 bits per heavy atom. The Bertz CT molecular complexity index is 760. The average molecular weight is 379 g/mol. The Labute approximate surface area is 153 Å². The van der Waals surface area contributed by atoms with Crippen molar-refractivity contribution in [1.29, 1.82) is 0 Å². The van der Waals surface area contributed by atoms with E-state index in [2.05, 4.69) is 27.3 Å². The van der Waals surface area contributed by atoms with Gasteiger partial charge in [-0.3, -0.25) is 0 Å². The lowest BCUT2D eigenvalue weighted by molar-refractivity contribution is 0.509. The van der Waals surface area contributed by atoms with Crippen molar-refractivity contribution in [3.05, 3.63) is 36.2 Å². The molecule has 0 bridgehead atoms. The van der Waals surface area contributed by atoms with Crippen molar-refractivity contribution in [3.63, 3.8) is 0 Å². The third kappa shape index (κ3) is 4.58. The Morgan fingerprint density at radius 2 is 1.88 bits per heavy atom. The fourth-order valence-corrected chi connectivity index (χ4v) is 5.25. The van der Waals surface area contributed by atoms with Crippen LogP contribution in [0.1, 0.15) is 37.8 Å². The number of thioether (sulfide) groups is 2. The smallest absolute Gasteiger partial charge is 0.247 e. The molecule has 3 rings (SSSR count). The summed E-state index contributed by atoms with van der Waals surface area (Å²) in [5.74, 6) is 2.25. The van der Waals surface area contributed by atoms with E-state index >= 15 is 0 Å². The van der Waals surface area contributed by atoms with Gasteiger partial charge < -0.3 is 4.42 Å². The molecule has 2 heterocycles. The normalized spacial score (nSPS) is 12.4. The highest BCUT2D eigenvalue weighted by Crippen LogP contribution is 2.38. The lowest BCUT2D eigenvalue weighted by Crippen LogP contribution is -1.88. The van der Waals surface area contributed by atoms with Gasteiger partial charge in [0, 0.05) is 11.3 Å². The lowest BCUT2D eigenvalue weighted by atomic mass is 10.2. The van der Waals surface area contributed by atoms with Crippen LogP contribution >= 0.6 is 34.9 Å². The van der Waals surface area contributed by atoms with Gasteiger partial charge in [0.15, 0.2) is 8.68 Å². The molecule has 0 N–H and O–H groups in total. The fourth-order valence-electron chi connectivity index (χ4n) is 1.90. The van der Waals surface area contributed by atoms with Gasteiger partial charge in [-0.05, 0) is 25.5 Å². The summed E-state index contributed by atoms with van der Waals surface area (Å²) in [5.41, 5.74) is 0.930. The number of benzene rings is 1. The van der Waals surface area contributed by atoms with Crippen LogP contribution in [-0.2, 0) is 0 Å². The van der Waals surface area contributed by atoms with Crippen LogP contribution in [0.4, 0.5) is 0 Å². The zero-order valence-corrected chi connectivity index (χ0v) is 16.0. The summed E-state index contributed by atoms with van der Waals surface area (Å²) in [5, 5.41) is 16.8. The first-order chi connectivity index (χ1) is 11.8.